The molecule has 1 aliphatic rings. The summed E-state index contributed by atoms with van der Waals surface area (Å²) in [6.07, 6.45) is 1.66. The van der Waals surface area contributed by atoms with Crippen LogP contribution in [-0.4, -0.2) is 38.3 Å². The van der Waals surface area contributed by atoms with E-state index in [-0.39, 0.29) is 36.8 Å². The zero-order chi connectivity index (χ0) is 14.8. The van der Waals surface area contributed by atoms with Crippen LogP contribution in [0.4, 0.5) is 5.69 Å². The molecule has 23 heavy (non-hydrogen) atoms. The van der Waals surface area contributed by atoms with Gasteiger partial charge < -0.3 is 5.32 Å². The van der Waals surface area contributed by atoms with Crippen molar-refractivity contribution in [2.24, 2.45) is 0 Å². The number of nitrogens with zero attached hydrogens (tertiary/aromatic N) is 3. The van der Waals surface area contributed by atoms with Crippen molar-refractivity contribution in [3.05, 3.63) is 35.8 Å². The Kier molecular flexibility index (Phi) is 7.34. The summed E-state index contributed by atoms with van der Waals surface area (Å²) in [7, 11) is 0. The average Bonchev–Trinajstić information content (AvgIpc) is 3.09. The van der Waals surface area contributed by atoms with Crippen LogP contribution in [-0.2, 0) is 4.79 Å². The van der Waals surface area contributed by atoms with Crippen molar-refractivity contribution < 1.29 is 4.79 Å². The first-order chi connectivity index (χ1) is 10.1. The van der Waals surface area contributed by atoms with E-state index in [0.29, 0.717) is 5.69 Å². The summed E-state index contributed by atoms with van der Waals surface area (Å²) in [6.45, 7) is 3.94. The summed E-state index contributed by atoms with van der Waals surface area (Å²) in [5.74, 6) is 2.37. The normalized spacial score (nSPS) is 16.3. The van der Waals surface area contributed by atoms with E-state index in [4.69, 9.17) is 0 Å². The average molecular weight is 376 g/mol. The zero-order valence-corrected chi connectivity index (χ0v) is 15.2. The molecule has 2 aromatic rings. The predicted molar refractivity (Wildman–Crippen MR) is 98.2 cm³/mol. The Morgan fingerprint density at radius 1 is 1.39 bits per heavy atom. The number of halogens is 2. The lowest BCUT2D eigenvalue weighted by atomic mass is 10.3. The molecule has 1 aliphatic heterocycles. The molecule has 1 amide bonds. The number of rotatable bonds is 3. The highest BCUT2D eigenvalue weighted by Gasteiger charge is 2.22. The molecule has 3 rings (SSSR count). The van der Waals surface area contributed by atoms with Gasteiger partial charge in [0, 0.05) is 17.3 Å². The summed E-state index contributed by atoms with van der Waals surface area (Å²) in [5.41, 5.74) is 2.68. The molecule has 6 nitrogen and oxygen atoms in total. The highest BCUT2D eigenvalue weighted by atomic mass is 35.5. The minimum absolute atomic E-state index is 0. The SMILES string of the molecule is Cc1cc(C)n(-c2ccc(NC(=O)C3CSCN3)cn2)n1.Cl.Cl. The fourth-order valence-electron chi connectivity index (χ4n) is 2.24. The molecule has 1 saturated heterocycles. The maximum Gasteiger partial charge on any atom is 0.242 e. The molecule has 2 aromatic heterocycles. The lowest BCUT2D eigenvalue weighted by molar-refractivity contribution is -0.117. The van der Waals surface area contributed by atoms with Crippen molar-refractivity contribution in [1.29, 1.82) is 0 Å². The quantitative estimate of drug-likeness (QED) is 0.861. The molecular formula is C14H19Cl2N5OS. The highest BCUT2D eigenvalue weighted by molar-refractivity contribution is 7.99. The number of nitrogens with one attached hydrogen (secondary N) is 2. The number of carbonyl (C=O) groups is 1. The van der Waals surface area contributed by atoms with Gasteiger partial charge in [-0.15, -0.1) is 36.6 Å². The molecule has 126 valence electrons. The monoisotopic (exact) mass is 375 g/mol. The van der Waals surface area contributed by atoms with Gasteiger partial charge in [0.15, 0.2) is 5.82 Å². The molecule has 1 unspecified atom stereocenters. The van der Waals surface area contributed by atoms with Crippen LogP contribution in [0.25, 0.3) is 5.82 Å². The second kappa shape index (κ2) is 8.54. The molecule has 2 N–H and O–H groups in total. The molecule has 3 heterocycles. The Morgan fingerprint density at radius 2 is 2.17 bits per heavy atom. The van der Waals surface area contributed by atoms with E-state index in [0.717, 1.165) is 28.8 Å². The van der Waals surface area contributed by atoms with Crippen LogP contribution in [0.1, 0.15) is 11.4 Å². The molecule has 0 spiro atoms. The third-order valence-corrected chi connectivity index (χ3v) is 4.21. The van der Waals surface area contributed by atoms with Gasteiger partial charge in [-0.3, -0.25) is 10.1 Å². The van der Waals surface area contributed by atoms with Gasteiger partial charge in [-0.05, 0) is 32.0 Å². The number of carbonyl (C=O) groups excluding carboxylic acids is 1. The van der Waals surface area contributed by atoms with Crippen LogP contribution in [0.2, 0.25) is 0 Å². The molecule has 0 aliphatic carbocycles. The number of thioether (sulfide) groups is 1. The van der Waals surface area contributed by atoms with E-state index in [1.807, 2.05) is 32.0 Å². The van der Waals surface area contributed by atoms with Crippen molar-refractivity contribution in [2.45, 2.75) is 19.9 Å². The Balaban J connectivity index is 0.00000132. The van der Waals surface area contributed by atoms with Gasteiger partial charge in [-0.1, -0.05) is 0 Å². The minimum Gasteiger partial charge on any atom is -0.323 e. The Bertz CT molecular complexity index is 656. The maximum absolute atomic E-state index is 12.0. The number of anilines is 1. The fraction of sp³-hybridized carbons (Fsp3) is 0.357. The standard InChI is InChI=1S/C14H17N5OS.2ClH/c1-9-5-10(2)19(18-9)13-4-3-11(6-15-13)17-14(20)12-7-21-8-16-12;;/h3-6,12,16H,7-8H2,1-2H3,(H,17,20);2*1H. The minimum atomic E-state index is -0.120. The van der Waals surface area contributed by atoms with Gasteiger partial charge in [0.25, 0.3) is 0 Å². The summed E-state index contributed by atoms with van der Waals surface area (Å²) in [4.78, 5) is 16.4. The van der Waals surface area contributed by atoms with E-state index < -0.39 is 0 Å². The van der Waals surface area contributed by atoms with Gasteiger partial charge >= 0.3 is 0 Å². The van der Waals surface area contributed by atoms with Crippen molar-refractivity contribution in [1.82, 2.24) is 20.1 Å². The van der Waals surface area contributed by atoms with Gasteiger partial charge in [0.2, 0.25) is 5.91 Å². The smallest absolute Gasteiger partial charge is 0.242 e. The van der Waals surface area contributed by atoms with Gasteiger partial charge in [0.05, 0.1) is 23.6 Å². The molecule has 1 atom stereocenters. The number of pyridine rings is 1. The molecule has 0 radical (unpaired) electrons. The summed E-state index contributed by atoms with van der Waals surface area (Å²) in [6, 6.07) is 5.58. The number of aromatic nitrogens is 3. The van der Waals surface area contributed by atoms with Crippen LogP contribution in [0.5, 0.6) is 0 Å². The van der Waals surface area contributed by atoms with Gasteiger partial charge in [-0.2, -0.15) is 5.10 Å². The summed E-state index contributed by atoms with van der Waals surface area (Å²) < 4.78 is 1.79. The Labute approximate surface area is 151 Å². The first-order valence-corrected chi connectivity index (χ1v) is 7.90. The summed E-state index contributed by atoms with van der Waals surface area (Å²) >= 11 is 1.73. The van der Waals surface area contributed by atoms with Crippen LogP contribution >= 0.6 is 36.6 Å². The Morgan fingerprint density at radius 3 is 2.70 bits per heavy atom. The second-order valence-corrected chi connectivity index (χ2v) is 6.04. The third-order valence-electron chi connectivity index (χ3n) is 3.27. The third kappa shape index (κ3) is 4.60. The highest BCUT2D eigenvalue weighted by Crippen LogP contribution is 2.15. The molecule has 0 saturated carbocycles. The summed E-state index contributed by atoms with van der Waals surface area (Å²) in [5, 5.41) is 10.4. The van der Waals surface area contributed by atoms with Crippen molar-refractivity contribution in [3.63, 3.8) is 0 Å². The van der Waals surface area contributed by atoms with Crippen molar-refractivity contribution in [2.75, 3.05) is 16.9 Å². The number of amides is 1. The van der Waals surface area contributed by atoms with Gasteiger partial charge in [0.1, 0.15) is 0 Å². The van der Waals surface area contributed by atoms with Crippen molar-refractivity contribution >= 4 is 48.2 Å². The predicted octanol–water partition coefficient (Wildman–Crippen LogP) is 2.33. The van der Waals surface area contributed by atoms with Crippen LogP contribution in [0.15, 0.2) is 24.4 Å². The second-order valence-electron chi connectivity index (χ2n) is 5.01. The first kappa shape index (κ1) is 19.8. The maximum atomic E-state index is 12.0. The fourth-order valence-corrected chi connectivity index (χ4v) is 3.18. The van der Waals surface area contributed by atoms with Gasteiger partial charge in [-0.25, -0.2) is 9.67 Å². The molecular weight excluding hydrogens is 357 g/mol. The van der Waals surface area contributed by atoms with Crippen LogP contribution < -0.4 is 10.6 Å². The van der Waals surface area contributed by atoms with E-state index >= 15 is 0 Å². The lowest BCUT2D eigenvalue weighted by Crippen LogP contribution is -2.37. The van der Waals surface area contributed by atoms with E-state index in [2.05, 4.69) is 20.7 Å². The van der Waals surface area contributed by atoms with Crippen molar-refractivity contribution in [3.8, 4) is 5.82 Å². The molecule has 9 heteroatoms. The zero-order valence-electron chi connectivity index (χ0n) is 12.8. The number of hydrogen-bond donors (Lipinski definition) is 2. The lowest BCUT2D eigenvalue weighted by Gasteiger charge is -2.10. The van der Waals surface area contributed by atoms with E-state index in [1.54, 1.807) is 22.6 Å². The van der Waals surface area contributed by atoms with E-state index in [1.165, 1.54) is 0 Å². The molecule has 1 fully saturated rings. The molecule has 0 bridgehead atoms. The Hall–Kier alpha value is -1.28. The van der Waals surface area contributed by atoms with Crippen LogP contribution in [0.3, 0.4) is 0 Å². The number of aryl methyl sites for hydroxylation is 2. The topological polar surface area (TPSA) is 71.8 Å². The van der Waals surface area contributed by atoms with Crippen LogP contribution in [0, 0.1) is 13.8 Å². The largest absolute Gasteiger partial charge is 0.323 e. The van der Waals surface area contributed by atoms with E-state index in [9.17, 15) is 4.79 Å². The number of hydrogen-bond acceptors (Lipinski definition) is 5. The first-order valence-electron chi connectivity index (χ1n) is 6.75. The molecule has 0 aromatic carbocycles.